The number of likely N-dealkylation sites (tertiary alicyclic amines) is 1. The van der Waals surface area contributed by atoms with Crippen LogP contribution in [0.5, 0.6) is 0 Å². The summed E-state index contributed by atoms with van der Waals surface area (Å²) in [5, 5.41) is 3.78. The molecule has 1 fully saturated rings. The van der Waals surface area contributed by atoms with Crippen molar-refractivity contribution in [1.29, 1.82) is 0 Å². The van der Waals surface area contributed by atoms with E-state index in [1.165, 1.54) is 0 Å². The number of hydrogen-bond acceptors (Lipinski definition) is 3. The number of nitrogens with zero attached hydrogens (tertiary/aromatic N) is 2. The van der Waals surface area contributed by atoms with Gasteiger partial charge in [-0.05, 0) is 49.1 Å². The molecule has 6 heteroatoms. The third-order valence-electron chi connectivity index (χ3n) is 4.61. The van der Waals surface area contributed by atoms with Crippen LogP contribution in [0.25, 0.3) is 0 Å². The molecule has 3 rings (SSSR count). The van der Waals surface area contributed by atoms with E-state index in [0.717, 1.165) is 18.4 Å². The lowest BCUT2D eigenvalue weighted by Crippen LogP contribution is -2.46. The van der Waals surface area contributed by atoms with E-state index in [0.29, 0.717) is 36.5 Å². The molecule has 0 atom stereocenters. The van der Waals surface area contributed by atoms with E-state index in [1.54, 1.807) is 24.5 Å². The van der Waals surface area contributed by atoms with Crippen LogP contribution in [-0.4, -0.2) is 40.8 Å². The average molecular weight is 372 g/mol. The minimum atomic E-state index is 0.00520. The first-order valence-electron chi connectivity index (χ1n) is 8.85. The minimum Gasteiger partial charge on any atom is -0.353 e. The van der Waals surface area contributed by atoms with Crippen LogP contribution in [0.1, 0.15) is 35.2 Å². The zero-order valence-corrected chi connectivity index (χ0v) is 15.3. The summed E-state index contributed by atoms with van der Waals surface area (Å²) in [7, 11) is 0. The molecule has 2 heterocycles. The highest BCUT2D eigenvalue weighted by Gasteiger charge is 2.24. The normalized spacial score (nSPS) is 14.9. The molecule has 0 bridgehead atoms. The second-order valence-corrected chi connectivity index (χ2v) is 6.94. The van der Waals surface area contributed by atoms with Crippen LogP contribution in [0.3, 0.4) is 0 Å². The van der Waals surface area contributed by atoms with Gasteiger partial charge in [-0.2, -0.15) is 0 Å². The van der Waals surface area contributed by atoms with Crippen molar-refractivity contribution in [2.24, 2.45) is 0 Å². The van der Waals surface area contributed by atoms with Crippen LogP contribution in [0.15, 0.2) is 48.8 Å². The van der Waals surface area contributed by atoms with Crippen molar-refractivity contribution < 1.29 is 9.59 Å². The molecule has 0 spiro atoms. The first-order chi connectivity index (χ1) is 12.6. The number of rotatable bonds is 5. The molecule has 1 saturated heterocycles. The summed E-state index contributed by atoms with van der Waals surface area (Å²) in [4.78, 5) is 30.4. The van der Waals surface area contributed by atoms with Crippen molar-refractivity contribution >= 4 is 23.4 Å². The molecule has 1 aliphatic rings. The Morgan fingerprint density at radius 2 is 1.88 bits per heavy atom. The Bertz CT molecular complexity index is 741. The van der Waals surface area contributed by atoms with E-state index >= 15 is 0 Å². The molecule has 26 heavy (non-hydrogen) atoms. The first-order valence-corrected chi connectivity index (χ1v) is 9.23. The van der Waals surface area contributed by atoms with Gasteiger partial charge in [0.25, 0.3) is 5.91 Å². The van der Waals surface area contributed by atoms with Gasteiger partial charge < -0.3 is 10.2 Å². The minimum absolute atomic E-state index is 0.00520. The average Bonchev–Trinajstić information content (AvgIpc) is 2.68. The molecule has 2 amide bonds. The summed E-state index contributed by atoms with van der Waals surface area (Å²) in [5.74, 6) is 0.0580. The predicted molar refractivity (Wildman–Crippen MR) is 101 cm³/mol. The van der Waals surface area contributed by atoms with Gasteiger partial charge in [0.2, 0.25) is 5.91 Å². The molecule has 0 unspecified atom stereocenters. The molecule has 2 aromatic rings. The molecule has 0 saturated carbocycles. The molecular weight excluding hydrogens is 350 g/mol. The number of halogens is 1. The topological polar surface area (TPSA) is 62.3 Å². The van der Waals surface area contributed by atoms with Crippen LogP contribution in [0.4, 0.5) is 0 Å². The maximum Gasteiger partial charge on any atom is 0.255 e. The number of hydrogen-bond donors (Lipinski definition) is 1. The lowest BCUT2D eigenvalue weighted by Gasteiger charge is -2.32. The van der Waals surface area contributed by atoms with Crippen molar-refractivity contribution in [3.8, 4) is 0 Å². The molecule has 0 aliphatic carbocycles. The number of carbonyl (C=O) groups excluding carboxylic acids is 2. The Hall–Kier alpha value is -2.40. The third kappa shape index (κ3) is 5.05. The molecule has 136 valence electrons. The number of aryl methyl sites for hydroxylation is 1. The van der Waals surface area contributed by atoms with Crippen LogP contribution >= 0.6 is 11.6 Å². The van der Waals surface area contributed by atoms with E-state index in [-0.39, 0.29) is 17.9 Å². The van der Waals surface area contributed by atoms with Gasteiger partial charge in [-0.25, -0.2) is 0 Å². The van der Waals surface area contributed by atoms with Crippen LogP contribution < -0.4 is 5.32 Å². The fourth-order valence-corrected chi connectivity index (χ4v) is 3.23. The van der Waals surface area contributed by atoms with Gasteiger partial charge in [0.05, 0.1) is 5.56 Å². The highest BCUT2D eigenvalue weighted by Crippen LogP contribution is 2.15. The number of nitrogens with one attached hydrogen (secondary N) is 1. The Morgan fingerprint density at radius 3 is 2.54 bits per heavy atom. The molecule has 1 aromatic carbocycles. The fourth-order valence-electron chi connectivity index (χ4n) is 3.11. The largest absolute Gasteiger partial charge is 0.353 e. The molecule has 1 aliphatic heterocycles. The van der Waals surface area contributed by atoms with Crippen molar-refractivity contribution in [3.63, 3.8) is 0 Å². The number of amides is 2. The quantitative estimate of drug-likeness (QED) is 0.878. The lowest BCUT2D eigenvalue weighted by atomic mass is 10.0. The van der Waals surface area contributed by atoms with Gasteiger partial charge in [-0.3, -0.25) is 14.6 Å². The monoisotopic (exact) mass is 371 g/mol. The lowest BCUT2D eigenvalue weighted by molar-refractivity contribution is -0.122. The van der Waals surface area contributed by atoms with E-state index < -0.39 is 0 Å². The summed E-state index contributed by atoms with van der Waals surface area (Å²) in [6.07, 6.45) is 5.95. The third-order valence-corrected chi connectivity index (χ3v) is 4.86. The van der Waals surface area contributed by atoms with Crippen molar-refractivity contribution in [3.05, 3.63) is 64.9 Å². The number of piperidine rings is 1. The second kappa shape index (κ2) is 8.81. The first kappa shape index (κ1) is 18.4. The van der Waals surface area contributed by atoms with Gasteiger partial charge in [0, 0.05) is 43.0 Å². The van der Waals surface area contributed by atoms with Gasteiger partial charge in [0.1, 0.15) is 0 Å². The summed E-state index contributed by atoms with van der Waals surface area (Å²) in [6.45, 7) is 1.30. The highest BCUT2D eigenvalue weighted by molar-refractivity contribution is 6.30. The summed E-state index contributed by atoms with van der Waals surface area (Å²) in [5.41, 5.74) is 1.71. The van der Waals surface area contributed by atoms with Gasteiger partial charge >= 0.3 is 0 Å². The number of carbonyl (C=O) groups is 2. The zero-order chi connectivity index (χ0) is 18.4. The number of aromatic nitrogens is 1. The SMILES string of the molecule is O=C(CCc1ccc(Cl)cc1)NC1CCN(C(=O)c2cccnc2)CC1. The Kier molecular flexibility index (Phi) is 6.23. The molecular formula is C20H22ClN3O2. The van der Waals surface area contributed by atoms with Crippen molar-refractivity contribution in [2.75, 3.05) is 13.1 Å². The van der Waals surface area contributed by atoms with Crippen molar-refractivity contribution in [2.45, 2.75) is 31.7 Å². The molecule has 1 N–H and O–H groups in total. The summed E-state index contributed by atoms with van der Waals surface area (Å²) >= 11 is 5.87. The highest BCUT2D eigenvalue weighted by atomic mass is 35.5. The number of benzene rings is 1. The summed E-state index contributed by atoms with van der Waals surface area (Å²) < 4.78 is 0. The molecule has 1 aromatic heterocycles. The van der Waals surface area contributed by atoms with E-state index in [9.17, 15) is 9.59 Å². The maximum atomic E-state index is 12.4. The Balaban J connectivity index is 1.41. The van der Waals surface area contributed by atoms with E-state index in [4.69, 9.17) is 11.6 Å². The fraction of sp³-hybridized carbons (Fsp3) is 0.350. The summed E-state index contributed by atoms with van der Waals surface area (Å²) in [6, 6.07) is 11.2. The van der Waals surface area contributed by atoms with Gasteiger partial charge in [-0.1, -0.05) is 23.7 Å². The van der Waals surface area contributed by atoms with Gasteiger partial charge in [0.15, 0.2) is 0 Å². The molecule has 0 radical (unpaired) electrons. The Labute approximate surface area is 158 Å². The zero-order valence-electron chi connectivity index (χ0n) is 14.5. The van der Waals surface area contributed by atoms with Gasteiger partial charge in [-0.15, -0.1) is 0 Å². The standard InChI is InChI=1S/C20H22ClN3O2/c21-17-6-3-15(4-7-17)5-8-19(25)23-18-9-12-24(13-10-18)20(26)16-2-1-11-22-14-16/h1-4,6-7,11,14,18H,5,8-10,12-13H2,(H,23,25). The van der Waals surface area contributed by atoms with Crippen LogP contribution in [0.2, 0.25) is 5.02 Å². The second-order valence-electron chi connectivity index (χ2n) is 6.50. The van der Waals surface area contributed by atoms with Crippen molar-refractivity contribution in [1.82, 2.24) is 15.2 Å². The van der Waals surface area contributed by atoms with Crippen LogP contribution in [0, 0.1) is 0 Å². The predicted octanol–water partition coefficient (Wildman–Crippen LogP) is 3.09. The maximum absolute atomic E-state index is 12.4. The Morgan fingerprint density at radius 1 is 1.15 bits per heavy atom. The van der Waals surface area contributed by atoms with Crippen LogP contribution in [-0.2, 0) is 11.2 Å². The molecule has 5 nitrogen and oxygen atoms in total. The van der Waals surface area contributed by atoms with E-state index in [2.05, 4.69) is 10.3 Å². The number of pyridine rings is 1. The van der Waals surface area contributed by atoms with E-state index in [1.807, 2.05) is 29.2 Å². The smallest absolute Gasteiger partial charge is 0.255 e.